The summed E-state index contributed by atoms with van der Waals surface area (Å²) < 4.78 is 43.1. The molecule has 0 aliphatic carbocycles. The van der Waals surface area contributed by atoms with Crippen molar-refractivity contribution >= 4 is 5.69 Å². The molecule has 8 nitrogen and oxygen atoms in total. The Labute approximate surface area is 196 Å². The Kier molecular flexibility index (Phi) is 6.15. The van der Waals surface area contributed by atoms with Crippen LogP contribution in [0, 0.1) is 6.57 Å². The van der Waals surface area contributed by atoms with E-state index in [1.165, 1.54) is 42.2 Å². The van der Waals surface area contributed by atoms with Gasteiger partial charge in [0.15, 0.2) is 5.69 Å². The zero-order valence-corrected chi connectivity index (χ0v) is 18.3. The number of aliphatic hydroxyl groups is 1. The highest BCUT2D eigenvalue weighted by atomic mass is 19.4. The average Bonchev–Trinajstić information content (AvgIpc) is 3.33. The molecule has 1 atom stereocenters. The Hall–Kier alpha value is -4.43. The molecule has 0 saturated carbocycles. The Morgan fingerprint density at radius 2 is 1.80 bits per heavy atom. The number of benzene rings is 2. The van der Waals surface area contributed by atoms with Crippen LogP contribution in [0.4, 0.5) is 18.9 Å². The first kappa shape index (κ1) is 23.7. The molecule has 0 aliphatic heterocycles. The van der Waals surface area contributed by atoms with E-state index in [1.807, 2.05) is 0 Å². The van der Waals surface area contributed by atoms with Gasteiger partial charge in [0.2, 0.25) is 0 Å². The van der Waals surface area contributed by atoms with E-state index in [4.69, 9.17) is 6.57 Å². The fourth-order valence-corrected chi connectivity index (χ4v) is 3.62. The molecule has 0 unspecified atom stereocenters. The second kappa shape index (κ2) is 9.08. The number of rotatable bonds is 5. The summed E-state index contributed by atoms with van der Waals surface area (Å²) in [4.78, 5) is 29.9. The lowest BCUT2D eigenvalue weighted by molar-refractivity contribution is -0.137. The van der Waals surface area contributed by atoms with Gasteiger partial charge >= 0.3 is 11.9 Å². The molecule has 0 bridgehead atoms. The Morgan fingerprint density at radius 3 is 2.43 bits per heavy atom. The van der Waals surface area contributed by atoms with Gasteiger partial charge in [-0.1, -0.05) is 18.2 Å². The molecule has 2 aromatic heterocycles. The molecule has 4 rings (SSSR count). The highest BCUT2D eigenvalue weighted by Crippen LogP contribution is 2.30. The quantitative estimate of drug-likeness (QED) is 0.437. The molecule has 1 N–H and O–H groups in total. The molecule has 35 heavy (non-hydrogen) atoms. The summed E-state index contributed by atoms with van der Waals surface area (Å²) >= 11 is 0. The number of hydrogen-bond acceptors (Lipinski definition) is 4. The molecule has 178 valence electrons. The predicted octanol–water partition coefficient (Wildman–Crippen LogP) is 3.97. The summed E-state index contributed by atoms with van der Waals surface area (Å²) in [6.45, 7) is 7.99. The van der Waals surface area contributed by atoms with Crippen LogP contribution in [0.15, 0.2) is 76.6 Å². The Morgan fingerprint density at radius 1 is 1.09 bits per heavy atom. The molecule has 0 fully saturated rings. The predicted molar refractivity (Wildman–Crippen MR) is 122 cm³/mol. The van der Waals surface area contributed by atoms with Gasteiger partial charge in [-0.25, -0.2) is 14.3 Å². The van der Waals surface area contributed by atoms with Gasteiger partial charge in [-0.15, -0.1) is 0 Å². The molecule has 0 aliphatic rings. The van der Waals surface area contributed by atoms with E-state index in [-0.39, 0.29) is 16.9 Å². The fourth-order valence-electron chi connectivity index (χ4n) is 3.62. The van der Waals surface area contributed by atoms with E-state index in [2.05, 4.69) is 9.94 Å². The van der Waals surface area contributed by atoms with Crippen LogP contribution in [-0.2, 0) is 6.18 Å². The summed E-state index contributed by atoms with van der Waals surface area (Å²) in [5.74, 6) is 0. The summed E-state index contributed by atoms with van der Waals surface area (Å²) in [5.41, 5.74) is -1.51. The number of nitrogens with zero attached hydrogens (tertiary/aromatic N) is 5. The topological polar surface area (TPSA) is 86.4 Å². The van der Waals surface area contributed by atoms with E-state index in [0.717, 1.165) is 21.3 Å². The maximum Gasteiger partial charge on any atom is 0.416 e. The first-order valence-electron chi connectivity index (χ1n) is 10.3. The lowest BCUT2D eigenvalue weighted by Crippen LogP contribution is -2.42. The lowest BCUT2D eigenvalue weighted by atomic mass is 10.1. The maximum atomic E-state index is 13.4. The Bertz CT molecular complexity index is 1540. The summed E-state index contributed by atoms with van der Waals surface area (Å²) in [6.07, 6.45) is -2.04. The second-order valence-corrected chi connectivity index (χ2v) is 7.71. The van der Waals surface area contributed by atoms with Crippen LogP contribution in [0.25, 0.3) is 27.5 Å². The molecule has 2 heterocycles. The molecule has 0 saturated heterocycles. The SMILES string of the molecule is [C-]#[N+]c1ccc(-n2nccc2-c2cn(-c3cccc(C(F)(F)F)c3)c(=O)n([C@H](C)CO)c2=O)cc1. The van der Waals surface area contributed by atoms with E-state index in [1.54, 1.807) is 24.3 Å². The first-order valence-corrected chi connectivity index (χ1v) is 10.3. The van der Waals surface area contributed by atoms with Gasteiger partial charge in [-0.05, 0) is 43.3 Å². The van der Waals surface area contributed by atoms with Gasteiger partial charge in [-0.2, -0.15) is 18.3 Å². The van der Waals surface area contributed by atoms with E-state index in [0.29, 0.717) is 11.4 Å². The normalized spacial score (nSPS) is 12.3. The van der Waals surface area contributed by atoms with E-state index in [9.17, 15) is 27.9 Å². The minimum Gasteiger partial charge on any atom is -0.394 e. The number of alkyl halides is 3. The van der Waals surface area contributed by atoms with Gasteiger partial charge in [-0.3, -0.25) is 13.9 Å². The zero-order chi connectivity index (χ0) is 25.3. The summed E-state index contributed by atoms with van der Waals surface area (Å²) in [7, 11) is 0. The van der Waals surface area contributed by atoms with Crippen LogP contribution >= 0.6 is 0 Å². The van der Waals surface area contributed by atoms with Crippen LogP contribution < -0.4 is 11.2 Å². The number of halogens is 3. The van der Waals surface area contributed by atoms with Crippen LogP contribution in [0.2, 0.25) is 0 Å². The van der Waals surface area contributed by atoms with Crippen molar-refractivity contribution in [3.63, 3.8) is 0 Å². The molecule has 2 aromatic carbocycles. The smallest absolute Gasteiger partial charge is 0.394 e. The molecule has 0 radical (unpaired) electrons. The van der Waals surface area contributed by atoms with Crippen LogP contribution in [0.5, 0.6) is 0 Å². The van der Waals surface area contributed by atoms with E-state index >= 15 is 0 Å². The molecular formula is C24H18F3N5O3. The Balaban J connectivity index is 1.99. The first-order chi connectivity index (χ1) is 16.7. The summed E-state index contributed by atoms with van der Waals surface area (Å²) in [6, 6.07) is 11.1. The van der Waals surface area contributed by atoms with Gasteiger partial charge in [0, 0.05) is 6.20 Å². The molecule has 11 heteroatoms. The van der Waals surface area contributed by atoms with Gasteiger partial charge in [0.1, 0.15) is 0 Å². The highest BCUT2D eigenvalue weighted by Gasteiger charge is 2.31. The molecular weight excluding hydrogens is 463 g/mol. The monoisotopic (exact) mass is 481 g/mol. The van der Waals surface area contributed by atoms with Crippen molar-refractivity contribution in [2.75, 3.05) is 6.61 Å². The number of aromatic nitrogens is 4. The summed E-state index contributed by atoms with van der Waals surface area (Å²) in [5, 5.41) is 13.9. The van der Waals surface area contributed by atoms with Gasteiger partial charge in [0.05, 0.1) is 53.6 Å². The second-order valence-electron chi connectivity index (χ2n) is 7.71. The minimum atomic E-state index is -4.63. The van der Waals surface area contributed by atoms with Crippen molar-refractivity contribution in [3.8, 4) is 22.6 Å². The zero-order valence-electron chi connectivity index (χ0n) is 18.3. The fraction of sp³-hybridized carbons (Fsp3) is 0.167. The van der Waals surface area contributed by atoms with Crippen molar-refractivity contribution in [1.29, 1.82) is 0 Å². The third kappa shape index (κ3) is 4.39. The lowest BCUT2D eigenvalue weighted by Gasteiger charge is -2.18. The largest absolute Gasteiger partial charge is 0.416 e. The average molecular weight is 481 g/mol. The molecule has 0 spiro atoms. The molecule has 4 aromatic rings. The van der Waals surface area contributed by atoms with Crippen LogP contribution in [-0.4, -0.2) is 30.6 Å². The van der Waals surface area contributed by atoms with Gasteiger partial charge in [0.25, 0.3) is 5.56 Å². The number of aliphatic hydroxyl groups excluding tert-OH is 1. The van der Waals surface area contributed by atoms with Crippen LogP contribution in [0.3, 0.4) is 0 Å². The maximum absolute atomic E-state index is 13.4. The molecule has 0 amide bonds. The highest BCUT2D eigenvalue weighted by molar-refractivity contribution is 5.61. The van der Waals surface area contributed by atoms with Gasteiger partial charge < -0.3 is 5.11 Å². The van der Waals surface area contributed by atoms with Crippen molar-refractivity contribution in [3.05, 3.63) is 105 Å². The van der Waals surface area contributed by atoms with Crippen molar-refractivity contribution in [2.45, 2.75) is 19.1 Å². The number of hydrogen-bond donors (Lipinski definition) is 1. The minimum absolute atomic E-state index is 0.0194. The standard InChI is InChI=1S/C24H18F3N5O3/c1-15(14-33)31-22(34)20(21-10-11-29-32(21)18-8-6-17(28-2)7-9-18)13-30(23(31)35)19-5-3-4-16(12-19)24(25,26)27/h3-13,15,33H,14H2,1H3/t15-/m1/s1. The van der Waals surface area contributed by atoms with Crippen molar-refractivity contribution in [1.82, 2.24) is 18.9 Å². The van der Waals surface area contributed by atoms with E-state index < -0.39 is 35.6 Å². The third-order valence-electron chi connectivity index (χ3n) is 5.42. The van der Waals surface area contributed by atoms with Crippen molar-refractivity contribution in [2.24, 2.45) is 0 Å². The van der Waals surface area contributed by atoms with Crippen LogP contribution in [0.1, 0.15) is 18.5 Å². The third-order valence-corrected chi connectivity index (χ3v) is 5.42. The van der Waals surface area contributed by atoms with Crippen molar-refractivity contribution < 1.29 is 18.3 Å².